The molecule has 5 heteroatoms. The summed E-state index contributed by atoms with van der Waals surface area (Å²) in [7, 11) is 1.31. The predicted molar refractivity (Wildman–Crippen MR) is 56.1 cm³/mol. The van der Waals surface area contributed by atoms with Gasteiger partial charge in [0.25, 0.3) is 0 Å². The van der Waals surface area contributed by atoms with Crippen LogP contribution in [0.4, 0.5) is 4.79 Å². The standard InChI is InChI=1S/C11H17NO4/c1-10(8(13)16-2)7-11(3-4-11)5-6-12(10)9(14)15/h3-7H2,1-2H3,(H,14,15). The smallest absolute Gasteiger partial charge is 0.408 e. The molecular formula is C11H17NO4. The highest BCUT2D eigenvalue weighted by molar-refractivity contribution is 5.85. The highest BCUT2D eigenvalue weighted by Crippen LogP contribution is 2.57. The van der Waals surface area contributed by atoms with Crippen molar-refractivity contribution >= 4 is 12.1 Å². The maximum absolute atomic E-state index is 11.8. The highest BCUT2D eigenvalue weighted by Gasteiger charge is 2.57. The quantitative estimate of drug-likeness (QED) is 0.689. The largest absolute Gasteiger partial charge is 0.467 e. The number of carboxylic acid groups (broad SMARTS) is 1. The van der Waals surface area contributed by atoms with Gasteiger partial charge in [-0.1, -0.05) is 0 Å². The maximum atomic E-state index is 11.8. The van der Waals surface area contributed by atoms with E-state index in [0.717, 1.165) is 19.3 Å². The van der Waals surface area contributed by atoms with Gasteiger partial charge in [0.15, 0.2) is 0 Å². The number of carbonyl (C=O) groups excluding carboxylic acids is 1. The van der Waals surface area contributed by atoms with E-state index in [2.05, 4.69) is 0 Å². The second-order valence-corrected chi connectivity index (χ2v) is 5.13. The first kappa shape index (κ1) is 11.2. The number of hydrogen-bond donors (Lipinski definition) is 1. The summed E-state index contributed by atoms with van der Waals surface area (Å²) in [6, 6.07) is 0. The average molecular weight is 227 g/mol. The first-order chi connectivity index (χ1) is 7.43. The Morgan fingerprint density at radius 1 is 1.31 bits per heavy atom. The fourth-order valence-corrected chi connectivity index (χ4v) is 2.82. The number of rotatable bonds is 1. The van der Waals surface area contributed by atoms with E-state index in [-0.39, 0.29) is 5.41 Å². The van der Waals surface area contributed by atoms with Gasteiger partial charge in [0.2, 0.25) is 0 Å². The SMILES string of the molecule is COC(=O)C1(C)CC2(CCN1C(=O)O)CC2. The van der Waals surface area contributed by atoms with E-state index in [1.807, 2.05) is 0 Å². The molecule has 1 spiro atoms. The van der Waals surface area contributed by atoms with Crippen LogP contribution in [0.15, 0.2) is 0 Å². The third-order valence-corrected chi connectivity index (χ3v) is 3.99. The lowest BCUT2D eigenvalue weighted by molar-refractivity contribution is -0.156. The van der Waals surface area contributed by atoms with Crippen molar-refractivity contribution in [2.75, 3.05) is 13.7 Å². The number of likely N-dealkylation sites (tertiary alicyclic amines) is 1. The van der Waals surface area contributed by atoms with Crippen LogP contribution in [0, 0.1) is 5.41 Å². The van der Waals surface area contributed by atoms with Crippen LogP contribution in [0.25, 0.3) is 0 Å². The van der Waals surface area contributed by atoms with Crippen molar-refractivity contribution in [2.45, 2.75) is 38.1 Å². The average Bonchev–Trinajstić information content (AvgIpc) is 2.95. The van der Waals surface area contributed by atoms with Crippen molar-refractivity contribution < 1.29 is 19.4 Å². The zero-order valence-corrected chi connectivity index (χ0v) is 9.65. The van der Waals surface area contributed by atoms with Crippen molar-refractivity contribution in [1.29, 1.82) is 0 Å². The van der Waals surface area contributed by atoms with Crippen molar-refractivity contribution in [1.82, 2.24) is 4.90 Å². The Balaban J connectivity index is 2.26. The molecule has 2 fully saturated rings. The number of amides is 1. The summed E-state index contributed by atoms with van der Waals surface area (Å²) in [6.45, 7) is 2.10. The van der Waals surface area contributed by atoms with Crippen molar-refractivity contribution in [3.8, 4) is 0 Å². The molecule has 1 saturated heterocycles. The summed E-state index contributed by atoms with van der Waals surface area (Å²) in [5.74, 6) is -0.444. The number of hydrogen-bond acceptors (Lipinski definition) is 3. The van der Waals surface area contributed by atoms with Gasteiger partial charge in [0.05, 0.1) is 7.11 Å². The Morgan fingerprint density at radius 3 is 2.38 bits per heavy atom. The molecule has 1 unspecified atom stereocenters. The molecule has 1 N–H and O–H groups in total. The van der Waals surface area contributed by atoms with Crippen molar-refractivity contribution in [2.24, 2.45) is 5.41 Å². The molecule has 0 bridgehead atoms. The molecular weight excluding hydrogens is 210 g/mol. The Morgan fingerprint density at radius 2 is 1.94 bits per heavy atom. The second-order valence-electron chi connectivity index (χ2n) is 5.13. The third-order valence-electron chi connectivity index (χ3n) is 3.99. The van der Waals surface area contributed by atoms with Crippen LogP contribution in [0.3, 0.4) is 0 Å². The Hall–Kier alpha value is -1.26. The molecule has 90 valence electrons. The molecule has 16 heavy (non-hydrogen) atoms. The Labute approximate surface area is 94.4 Å². The van der Waals surface area contributed by atoms with Gasteiger partial charge in [0.1, 0.15) is 5.54 Å². The minimum Gasteiger partial charge on any atom is -0.467 e. The summed E-state index contributed by atoms with van der Waals surface area (Å²) in [4.78, 5) is 24.2. The van der Waals surface area contributed by atoms with E-state index in [1.165, 1.54) is 12.0 Å². The van der Waals surface area contributed by atoms with E-state index in [0.29, 0.717) is 13.0 Å². The highest BCUT2D eigenvalue weighted by atomic mass is 16.5. The zero-order valence-electron chi connectivity index (χ0n) is 9.65. The summed E-state index contributed by atoms with van der Waals surface area (Å²) in [5, 5.41) is 9.13. The molecule has 1 saturated carbocycles. The molecule has 5 nitrogen and oxygen atoms in total. The summed E-state index contributed by atoms with van der Waals surface area (Å²) in [5.41, 5.74) is -0.801. The Bertz CT molecular complexity index is 337. The summed E-state index contributed by atoms with van der Waals surface area (Å²) < 4.78 is 4.75. The first-order valence-electron chi connectivity index (χ1n) is 5.53. The van der Waals surface area contributed by atoms with Crippen LogP contribution < -0.4 is 0 Å². The lowest BCUT2D eigenvalue weighted by Gasteiger charge is -2.44. The van der Waals surface area contributed by atoms with Gasteiger partial charge in [-0.05, 0) is 38.0 Å². The molecule has 1 amide bonds. The van der Waals surface area contributed by atoms with Gasteiger partial charge in [-0.15, -0.1) is 0 Å². The minimum absolute atomic E-state index is 0.203. The van der Waals surface area contributed by atoms with E-state index >= 15 is 0 Å². The number of carbonyl (C=O) groups is 2. The fraction of sp³-hybridized carbons (Fsp3) is 0.818. The van der Waals surface area contributed by atoms with Crippen LogP contribution in [0.2, 0.25) is 0 Å². The molecule has 2 aliphatic rings. The molecule has 1 aliphatic carbocycles. The van der Waals surface area contributed by atoms with Gasteiger partial charge >= 0.3 is 12.1 Å². The number of ether oxygens (including phenoxy) is 1. The normalized spacial score (nSPS) is 31.2. The lowest BCUT2D eigenvalue weighted by atomic mass is 9.79. The molecule has 0 aromatic rings. The van der Waals surface area contributed by atoms with E-state index in [9.17, 15) is 9.59 Å². The van der Waals surface area contributed by atoms with Gasteiger partial charge in [-0.3, -0.25) is 4.90 Å². The van der Waals surface area contributed by atoms with Crippen molar-refractivity contribution in [3.05, 3.63) is 0 Å². The molecule has 0 aromatic carbocycles. The second kappa shape index (κ2) is 3.37. The molecule has 1 aliphatic heterocycles. The van der Waals surface area contributed by atoms with Crippen LogP contribution >= 0.6 is 0 Å². The van der Waals surface area contributed by atoms with E-state index in [1.54, 1.807) is 6.92 Å². The lowest BCUT2D eigenvalue weighted by Crippen LogP contribution is -2.59. The van der Waals surface area contributed by atoms with E-state index < -0.39 is 17.6 Å². The third kappa shape index (κ3) is 1.54. The zero-order chi connectivity index (χ0) is 12.0. The van der Waals surface area contributed by atoms with Crippen LogP contribution in [-0.4, -0.2) is 41.3 Å². The summed E-state index contributed by atoms with van der Waals surface area (Å²) in [6.07, 6.45) is 2.63. The van der Waals surface area contributed by atoms with E-state index in [4.69, 9.17) is 9.84 Å². The molecule has 1 heterocycles. The fourth-order valence-electron chi connectivity index (χ4n) is 2.82. The maximum Gasteiger partial charge on any atom is 0.408 e. The molecule has 1 atom stereocenters. The van der Waals surface area contributed by atoms with Crippen molar-refractivity contribution in [3.63, 3.8) is 0 Å². The monoisotopic (exact) mass is 227 g/mol. The topological polar surface area (TPSA) is 66.8 Å². The molecule has 0 aromatic heterocycles. The number of esters is 1. The van der Waals surface area contributed by atoms with Gasteiger partial charge in [-0.2, -0.15) is 0 Å². The minimum atomic E-state index is -1.04. The molecule has 2 rings (SSSR count). The van der Waals surface area contributed by atoms with Crippen LogP contribution in [-0.2, 0) is 9.53 Å². The number of piperidine rings is 1. The van der Waals surface area contributed by atoms with Gasteiger partial charge < -0.3 is 9.84 Å². The summed E-state index contributed by atoms with van der Waals surface area (Å²) >= 11 is 0. The molecule has 0 radical (unpaired) electrons. The number of nitrogens with zero attached hydrogens (tertiary/aromatic N) is 1. The van der Waals surface area contributed by atoms with Gasteiger partial charge in [0, 0.05) is 6.54 Å². The van der Waals surface area contributed by atoms with Crippen LogP contribution in [0.5, 0.6) is 0 Å². The van der Waals surface area contributed by atoms with Gasteiger partial charge in [-0.25, -0.2) is 9.59 Å². The Kier molecular flexibility index (Phi) is 2.36. The first-order valence-corrected chi connectivity index (χ1v) is 5.53. The predicted octanol–water partition coefficient (Wildman–Crippen LogP) is 1.47. The van der Waals surface area contributed by atoms with Crippen LogP contribution in [0.1, 0.15) is 32.6 Å². The number of methoxy groups -OCH3 is 1.